The number of hydrogen-bond acceptors (Lipinski definition) is 1. The van der Waals surface area contributed by atoms with E-state index in [-0.39, 0.29) is 10.8 Å². The minimum absolute atomic E-state index is 0.0694. The zero-order valence-electron chi connectivity index (χ0n) is 6.60. The summed E-state index contributed by atoms with van der Waals surface area (Å²) in [6.07, 6.45) is 0.380. The maximum atomic E-state index is 12.5. The van der Waals surface area contributed by atoms with Gasteiger partial charge in [0.2, 0.25) is 0 Å². The first-order chi connectivity index (χ1) is 5.65. The molecule has 0 aliphatic rings. The Morgan fingerprint density at radius 3 is 2.75 bits per heavy atom. The second-order valence-electron chi connectivity index (χ2n) is 2.40. The molecule has 0 bridgehead atoms. The molecule has 0 unspecified atom stereocenters. The van der Waals surface area contributed by atoms with Crippen LogP contribution in [0.25, 0.3) is 0 Å². The number of benzene rings is 1. The van der Waals surface area contributed by atoms with E-state index < -0.39 is 5.82 Å². The van der Waals surface area contributed by atoms with Crippen LogP contribution >= 0.6 is 11.6 Å². The SMILES string of the molecule is CCC(=O)c1ccc(F)cc1Cl. The Bertz CT molecular complexity index is 309. The maximum absolute atomic E-state index is 12.5. The van der Waals surface area contributed by atoms with Crippen molar-refractivity contribution in [2.24, 2.45) is 0 Å². The molecule has 0 aliphatic carbocycles. The van der Waals surface area contributed by atoms with Crippen LogP contribution in [-0.2, 0) is 0 Å². The third-order valence-corrected chi connectivity index (χ3v) is 1.87. The maximum Gasteiger partial charge on any atom is 0.164 e. The first kappa shape index (κ1) is 9.20. The fourth-order valence-electron chi connectivity index (χ4n) is 0.906. The molecule has 0 fully saturated rings. The summed E-state index contributed by atoms with van der Waals surface area (Å²) >= 11 is 5.64. The molecule has 1 aromatic rings. The van der Waals surface area contributed by atoms with E-state index in [1.54, 1.807) is 6.92 Å². The first-order valence-corrected chi connectivity index (χ1v) is 4.01. The van der Waals surface area contributed by atoms with Gasteiger partial charge >= 0.3 is 0 Å². The highest BCUT2D eigenvalue weighted by molar-refractivity contribution is 6.33. The predicted octanol–water partition coefficient (Wildman–Crippen LogP) is 3.07. The van der Waals surface area contributed by atoms with E-state index in [2.05, 4.69) is 0 Å². The molecule has 0 aliphatic heterocycles. The van der Waals surface area contributed by atoms with Gasteiger partial charge in [-0.3, -0.25) is 4.79 Å². The van der Waals surface area contributed by atoms with E-state index in [0.717, 1.165) is 6.07 Å². The topological polar surface area (TPSA) is 17.1 Å². The fourth-order valence-corrected chi connectivity index (χ4v) is 1.18. The standard InChI is InChI=1S/C9H8ClFO/c1-2-9(12)7-4-3-6(11)5-8(7)10/h3-5H,2H2,1H3. The summed E-state index contributed by atoms with van der Waals surface area (Å²) in [6, 6.07) is 3.78. The highest BCUT2D eigenvalue weighted by Gasteiger charge is 2.07. The van der Waals surface area contributed by atoms with Gasteiger partial charge in [-0.1, -0.05) is 18.5 Å². The van der Waals surface area contributed by atoms with Crippen molar-refractivity contribution < 1.29 is 9.18 Å². The lowest BCUT2D eigenvalue weighted by Crippen LogP contribution is -1.97. The summed E-state index contributed by atoms with van der Waals surface area (Å²) in [6.45, 7) is 1.74. The van der Waals surface area contributed by atoms with E-state index >= 15 is 0 Å². The normalized spacial score (nSPS) is 9.92. The fraction of sp³-hybridized carbons (Fsp3) is 0.222. The van der Waals surface area contributed by atoms with Crippen LogP contribution in [0.3, 0.4) is 0 Å². The van der Waals surface area contributed by atoms with E-state index in [0.29, 0.717) is 12.0 Å². The Morgan fingerprint density at radius 1 is 1.58 bits per heavy atom. The molecule has 0 N–H and O–H groups in total. The molecule has 0 amide bonds. The summed E-state index contributed by atoms with van der Waals surface area (Å²) < 4.78 is 12.5. The minimum atomic E-state index is -0.423. The van der Waals surface area contributed by atoms with Crippen molar-refractivity contribution in [3.63, 3.8) is 0 Å². The molecule has 1 rings (SSSR count). The number of hydrogen-bond donors (Lipinski definition) is 0. The molecule has 1 nitrogen and oxygen atoms in total. The third-order valence-electron chi connectivity index (χ3n) is 1.55. The number of carbonyl (C=O) groups excluding carboxylic acids is 1. The zero-order valence-corrected chi connectivity index (χ0v) is 7.36. The summed E-state index contributed by atoms with van der Waals surface area (Å²) in [5.74, 6) is -0.493. The van der Waals surface area contributed by atoms with Gasteiger partial charge in [0.25, 0.3) is 0 Å². The van der Waals surface area contributed by atoms with Gasteiger partial charge in [-0.15, -0.1) is 0 Å². The second-order valence-corrected chi connectivity index (χ2v) is 2.81. The zero-order chi connectivity index (χ0) is 9.14. The summed E-state index contributed by atoms with van der Waals surface area (Å²) in [4.78, 5) is 11.1. The molecule has 0 saturated heterocycles. The smallest absolute Gasteiger partial charge is 0.164 e. The molecular formula is C9H8ClFO. The van der Waals surface area contributed by atoms with Crippen LogP contribution in [0.2, 0.25) is 5.02 Å². The number of halogens is 2. The van der Waals surface area contributed by atoms with E-state index in [4.69, 9.17) is 11.6 Å². The average molecular weight is 187 g/mol. The second kappa shape index (κ2) is 3.68. The minimum Gasteiger partial charge on any atom is -0.294 e. The van der Waals surface area contributed by atoms with Crippen molar-refractivity contribution in [1.29, 1.82) is 0 Å². The van der Waals surface area contributed by atoms with Crippen LogP contribution < -0.4 is 0 Å². The molecule has 0 atom stereocenters. The van der Waals surface area contributed by atoms with Gasteiger partial charge in [0.15, 0.2) is 5.78 Å². The van der Waals surface area contributed by atoms with Gasteiger partial charge in [0.1, 0.15) is 5.82 Å². The molecule has 1 aromatic carbocycles. The molecule has 0 saturated carbocycles. The largest absolute Gasteiger partial charge is 0.294 e. The van der Waals surface area contributed by atoms with Crippen molar-refractivity contribution in [3.8, 4) is 0 Å². The van der Waals surface area contributed by atoms with Crippen LogP contribution in [0.15, 0.2) is 18.2 Å². The highest BCUT2D eigenvalue weighted by Crippen LogP contribution is 2.18. The van der Waals surface area contributed by atoms with Crippen LogP contribution in [0.1, 0.15) is 23.7 Å². The molecule has 0 aromatic heterocycles. The molecule has 0 radical (unpaired) electrons. The molecule has 64 valence electrons. The van der Waals surface area contributed by atoms with E-state index in [1.807, 2.05) is 0 Å². The Balaban J connectivity index is 3.09. The molecule has 12 heavy (non-hydrogen) atoms. The molecule has 3 heteroatoms. The Kier molecular flexibility index (Phi) is 2.82. The van der Waals surface area contributed by atoms with Gasteiger partial charge in [-0.25, -0.2) is 4.39 Å². The summed E-state index contributed by atoms with van der Waals surface area (Å²) in [7, 11) is 0. The lowest BCUT2D eigenvalue weighted by atomic mass is 10.1. The number of carbonyl (C=O) groups is 1. The Morgan fingerprint density at radius 2 is 2.25 bits per heavy atom. The van der Waals surface area contributed by atoms with Gasteiger partial charge in [0, 0.05) is 12.0 Å². The van der Waals surface area contributed by atoms with Crippen molar-refractivity contribution in [2.75, 3.05) is 0 Å². The summed E-state index contributed by atoms with van der Waals surface area (Å²) in [5, 5.41) is 0.182. The van der Waals surface area contributed by atoms with Gasteiger partial charge in [-0.05, 0) is 18.2 Å². The van der Waals surface area contributed by atoms with E-state index in [1.165, 1.54) is 12.1 Å². The summed E-state index contributed by atoms with van der Waals surface area (Å²) in [5.41, 5.74) is 0.389. The van der Waals surface area contributed by atoms with E-state index in [9.17, 15) is 9.18 Å². The first-order valence-electron chi connectivity index (χ1n) is 3.63. The Labute approximate surface area is 75.2 Å². The van der Waals surface area contributed by atoms with Crippen LogP contribution in [-0.4, -0.2) is 5.78 Å². The predicted molar refractivity (Wildman–Crippen MR) is 46.0 cm³/mol. The molecular weight excluding hydrogens is 179 g/mol. The average Bonchev–Trinajstić information content (AvgIpc) is 2.03. The van der Waals surface area contributed by atoms with Crippen molar-refractivity contribution >= 4 is 17.4 Å². The van der Waals surface area contributed by atoms with Crippen molar-refractivity contribution in [2.45, 2.75) is 13.3 Å². The third kappa shape index (κ3) is 1.83. The molecule has 0 spiro atoms. The van der Waals surface area contributed by atoms with Crippen LogP contribution in [0, 0.1) is 5.82 Å². The van der Waals surface area contributed by atoms with Crippen LogP contribution in [0.5, 0.6) is 0 Å². The number of Topliss-reactive ketones (excluding diaryl/α,β-unsaturated/α-hetero) is 1. The molecule has 0 heterocycles. The number of ketones is 1. The number of rotatable bonds is 2. The Hall–Kier alpha value is -0.890. The van der Waals surface area contributed by atoms with Gasteiger partial charge in [0.05, 0.1) is 5.02 Å². The monoisotopic (exact) mass is 186 g/mol. The van der Waals surface area contributed by atoms with Crippen LogP contribution in [0.4, 0.5) is 4.39 Å². The van der Waals surface area contributed by atoms with Gasteiger partial charge in [-0.2, -0.15) is 0 Å². The van der Waals surface area contributed by atoms with Gasteiger partial charge < -0.3 is 0 Å². The highest BCUT2D eigenvalue weighted by atomic mass is 35.5. The van der Waals surface area contributed by atoms with Crippen molar-refractivity contribution in [3.05, 3.63) is 34.6 Å². The quantitative estimate of drug-likeness (QED) is 0.649. The van der Waals surface area contributed by atoms with Crippen molar-refractivity contribution in [1.82, 2.24) is 0 Å². The lowest BCUT2D eigenvalue weighted by molar-refractivity contribution is 0.0988. The lowest BCUT2D eigenvalue weighted by Gasteiger charge is -1.99.